The van der Waals surface area contributed by atoms with Crippen LogP contribution in [-0.4, -0.2) is 63.6 Å². The van der Waals surface area contributed by atoms with Gasteiger partial charge in [0.15, 0.2) is 0 Å². The third-order valence-corrected chi connectivity index (χ3v) is 9.50. The van der Waals surface area contributed by atoms with Gasteiger partial charge in [-0.05, 0) is 93.1 Å². The summed E-state index contributed by atoms with van der Waals surface area (Å²) in [5.74, 6) is 0. The first-order valence-corrected chi connectivity index (χ1v) is 14.6. The highest BCUT2D eigenvalue weighted by molar-refractivity contribution is 9.10. The van der Waals surface area contributed by atoms with E-state index in [1.165, 1.54) is 51.6 Å². The molecule has 1 aromatic rings. The SMILES string of the molecule is CCCCCN(C)CCCCCCO[C@H]1CC[C@H](N(C)S(=O)(=O)c2ccccc2Br)CC1. The Morgan fingerprint density at radius 3 is 2.22 bits per heavy atom. The maximum Gasteiger partial charge on any atom is 0.244 e. The fourth-order valence-corrected chi connectivity index (χ4v) is 6.79. The van der Waals surface area contributed by atoms with Crippen LogP contribution >= 0.6 is 15.9 Å². The summed E-state index contributed by atoms with van der Waals surface area (Å²) in [6.07, 6.45) is 12.7. The molecular formula is C25H43BrN2O3S. The molecule has 7 heteroatoms. The van der Waals surface area contributed by atoms with E-state index in [1.54, 1.807) is 29.6 Å². The number of sulfonamides is 1. The lowest BCUT2D eigenvalue weighted by atomic mass is 9.93. The van der Waals surface area contributed by atoms with E-state index in [-0.39, 0.29) is 12.1 Å². The van der Waals surface area contributed by atoms with Crippen LogP contribution in [0.25, 0.3) is 0 Å². The number of halogens is 1. The van der Waals surface area contributed by atoms with Crippen molar-refractivity contribution in [2.75, 3.05) is 33.8 Å². The Morgan fingerprint density at radius 2 is 1.56 bits per heavy atom. The predicted octanol–water partition coefficient (Wildman–Crippen LogP) is 6.08. The number of rotatable bonds is 15. The molecular weight excluding hydrogens is 488 g/mol. The molecule has 1 saturated carbocycles. The van der Waals surface area contributed by atoms with Crippen LogP contribution in [-0.2, 0) is 14.8 Å². The zero-order chi connectivity index (χ0) is 23.4. The van der Waals surface area contributed by atoms with Crippen molar-refractivity contribution >= 4 is 26.0 Å². The van der Waals surface area contributed by atoms with Crippen LogP contribution in [0.2, 0.25) is 0 Å². The van der Waals surface area contributed by atoms with Crippen LogP contribution in [0.4, 0.5) is 0 Å². The average molecular weight is 532 g/mol. The molecule has 0 unspecified atom stereocenters. The lowest BCUT2D eigenvalue weighted by molar-refractivity contribution is 0.0156. The van der Waals surface area contributed by atoms with Crippen molar-refractivity contribution in [2.24, 2.45) is 0 Å². The van der Waals surface area contributed by atoms with E-state index in [4.69, 9.17) is 4.74 Å². The van der Waals surface area contributed by atoms with Gasteiger partial charge in [-0.3, -0.25) is 0 Å². The first kappa shape index (κ1) is 27.8. The van der Waals surface area contributed by atoms with Gasteiger partial charge in [0.1, 0.15) is 0 Å². The highest BCUT2D eigenvalue weighted by Gasteiger charge is 2.32. The molecule has 0 bridgehead atoms. The maximum absolute atomic E-state index is 13.0. The zero-order valence-electron chi connectivity index (χ0n) is 20.3. The molecule has 32 heavy (non-hydrogen) atoms. The smallest absolute Gasteiger partial charge is 0.244 e. The van der Waals surface area contributed by atoms with E-state index in [2.05, 4.69) is 34.8 Å². The number of hydrogen-bond donors (Lipinski definition) is 0. The van der Waals surface area contributed by atoms with E-state index >= 15 is 0 Å². The van der Waals surface area contributed by atoms with Gasteiger partial charge in [-0.1, -0.05) is 44.7 Å². The predicted molar refractivity (Wildman–Crippen MR) is 137 cm³/mol. The molecule has 0 atom stereocenters. The molecule has 184 valence electrons. The van der Waals surface area contributed by atoms with Crippen molar-refractivity contribution in [1.29, 1.82) is 0 Å². The molecule has 0 amide bonds. The fourth-order valence-electron chi connectivity index (χ4n) is 4.41. The third-order valence-electron chi connectivity index (χ3n) is 6.58. The molecule has 1 aliphatic rings. The molecule has 0 heterocycles. The van der Waals surface area contributed by atoms with Crippen molar-refractivity contribution < 1.29 is 13.2 Å². The summed E-state index contributed by atoms with van der Waals surface area (Å²) >= 11 is 3.38. The highest BCUT2D eigenvalue weighted by Crippen LogP contribution is 2.30. The van der Waals surface area contributed by atoms with Gasteiger partial charge >= 0.3 is 0 Å². The Hall–Kier alpha value is -0.470. The Morgan fingerprint density at radius 1 is 0.938 bits per heavy atom. The number of benzene rings is 1. The Bertz CT molecular complexity index is 751. The lowest BCUT2D eigenvalue weighted by Crippen LogP contribution is -2.40. The average Bonchev–Trinajstić information content (AvgIpc) is 2.78. The largest absolute Gasteiger partial charge is 0.378 e. The second-order valence-corrected chi connectivity index (χ2v) is 12.0. The minimum absolute atomic E-state index is 0.0428. The summed E-state index contributed by atoms with van der Waals surface area (Å²) in [7, 11) is 0.455. The van der Waals surface area contributed by atoms with Gasteiger partial charge in [0.25, 0.3) is 0 Å². The van der Waals surface area contributed by atoms with Crippen LogP contribution in [0.3, 0.4) is 0 Å². The summed E-state index contributed by atoms with van der Waals surface area (Å²) in [6.45, 7) is 5.50. The first-order chi connectivity index (χ1) is 15.4. The highest BCUT2D eigenvalue weighted by atomic mass is 79.9. The van der Waals surface area contributed by atoms with Crippen LogP contribution in [0, 0.1) is 0 Å². The fraction of sp³-hybridized carbons (Fsp3) is 0.760. The second-order valence-electron chi connectivity index (χ2n) is 9.18. The van der Waals surface area contributed by atoms with Crippen molar-refractivity contribution in [3.05, 3.63) is 28.7 Å². The molecule has 1 fully saturated rings. The third kappa shape index (κ3) is 9.05. The topological polar surface area (TPSA) is 49.9 Å². The van der Waals surface area contributed by atoms with E-state index in [1.807, 2.05) is 6.07 Å². The Balaban J connectivity index is 1.59. The monoisotopic (exact) mass is 530 g/mol. The molecule has 0 aliphatic heterocycles. The minimum Gasteiger partial charge on any atom is -0.378 e. The van der Waals surface area contributed by atoms with Crippen molar-refractivity contribution in [1.82, 2.24) is 9.21 Å². The van der Waals surface area contributed by atoms with E-state index < -0.39 is 10.0 Å². The molecule has 0 aromatic heterocycles. The normalized spacial score (nSPS) is 19.7. The standard InChI is InChI=1S/C25H43BrN2O3S/c1-4-5-10-19-27(2)20-11-6-7-12-21-31-23-17-15-22(16-18-23)28(3)32(29,30)25-14-9-8-13-24(25)26/h8-9,13-14,22-23H,4-7,10-12,15-21H2,1-3H3/t22-,23-. The second kappa shape index (κ2) is 14.7. The van der Waals surface area contributed by atoms with Gasteiger partial charge in [-0.2, -0.15) is 4.31 Å². The van der Waals surface area contributed by atoms with Gasteiger partial charge in [-0.25, -0.2) is 8.42 Å². The number of nitrogens with zero attached hydrogens (tertiary/aromatic N) is 2. The maximum atomic E-state index is 13.0. The van der Waals surface area contributed by atoms with E-state index in [9.17, 15) is 8.42 Å². The molecule has 2 rings (SSSR count). The molecule has 0 radical (unpaired) electrons. The number of unbranched alkanes of at least 4 members (excludes halogenated alkanes) is 5. The summed E-state index contributed by atoms with van der Waals surface area (Å²) in [5.41, 5.74) is 0. The van der Waals surface area contributed by atoms with E-state index in [0.717, 1.165) is 38.7 Å². The van der Waals surface area contributed by atoms with Gasteiger partial charge < -0.3 is 9.64 Å². The first-order valence-electron chi connectivity index (χ1n) is 12.4. The molecule has 1 aliphatic carbocycles. The van der Waals surface area contributed by atoms with E-state index in [0.29, 0.717) is 9.37 Å². The molecule has 0 N–H and O–H groups in total. The summed E-state index contributed by atoms with van der Waals surface area (Å²) < 4.78 is 34.3. The Kier molecular flexibility index (Phi) is 12.8. The van der Waals surface area contributed by atoms with Crippen molar-refractivity contribution in [2.45, 2.75) is 94.6 Å². The summed E-state index contributed by atoms with van der Waals surface area (Å²) in [6, 6.07) is 7.08. The molecule has 0 spiro atoms. The van der Waals surface area contributed by atoms with Gasteiger partial charge in [-0.15, -0.1) is 0 Å². The molecule has 5 nitrogen and oxygen atoms in total. The van der Waals surface area contributed by atoms with Crippen molar-refractivity contribution in [3.63, 3.8) is 0 Å². The van der Waals surface area contributed by atoms with Crippen LogP contribution in [0.15, 0.2) is 33.6 Å². The van der Waals surface area contributed by atoms with Gasteiger partial charge in [0.05, 0.1) is 11.0 Å². The van der Waals surface area contributed by atoms with Gasteiger partial charge in [0.2, 0.25) is 10.0 Å². The quantitative estimate of drug-likeness (QED) is 0.258. The summed E-state index contributed by atoms with van der Waals surface area (Å²) in [5, 5.41) is 0. The molecule has 1 aromatic carbocycles. The number of ether oxygens (including phenoxy) is 1. The van der Waals surface area contributed by atoms with Crippen LogP contribution < -0.4 is 0 Å². The molecule has 0 saturated heterocycles. The zero-order valence-corrected chi connectivity index (χ0v) is 22.7. The summed E-state index contributed by atoms with van der Waals surface area (Å²) in [4.78, 5) is 2.80. The minimum atomic E-state index is -3.49. The Labute approximate surface area is 205 Å². The van der Waals surface area contributed by atoms with Gasteiger partial charge in [0, 0.05) is 24.2 Å². The van der Waals surface area contributed by atoms with Crippen LogP contribution in [0.1, 0.15) is 77.6 Å². The van der Waals surface area contributed by atoms with Crippen LogP contribution in [0.5, 0.6) is 0 Å². The lowest BCUT2D eigenvalue weighted by Gasteiger charge is -2.34. The number of hydrogen-bond acceptors (Lipinski definition) is 4. The van der Waals surface area contributed by atoms with Crippen molar-refractivity contribution in [3.8, 4) is 0 Å².